The van der Waals surface area contributed by atoms with E-state index in [4.69, 9.17) is 9.72 Å². The third kappa shape index (κ3) is 3.09. The summed E-state index contributed by atoms with van der Waals surface area (Å²) in [7, 11) is 1.59. The molecule has 6 heteroatoms. The number of ether oxygens (including phenoxy) is 1. The second-order valence-electron chi connectivity index (χ2n) is 6.57. The number of nitrogens with zero attached hydrogens (tertiary/aromatic N) is 3. The zero-order chi connectivity index (χ0) is 17.2. The van der Waals surface area contributed by atoms with Crippen molar-refractivity contribution in [3.8, 4) is 5.75 Å². The number of carbonyl (C=O) groups excluding carboxylic acids is 1. The van der Waals surface area contributed by atoms with E-state index in [-0.39, 0.29) is 5.91 Å². The van der Waals surface area contributed by atoms with Crippen LogP contribution in [0.4, 0.5) is 0 Å². The van der Waals surface area contributed by atoms with E-state index in [0.717, 1.165) is 43.0 Å². The van der Waals surface area contributed by atoms with Crippen LogP contribution in [0.25, 0.3) is 0 Å². The highest BCUT2D eigenvalue weighted by Gasteiger charge is 2.26. The maximum atomic E-state index is 12.9. The van der Waals surface area contributed by atoms with E-state index in [2.05, 4.69) is 10.3 Å². The molecule has 2 aromatic rings. The molecular weight excluding hydrogens is 316 g/mol. The molecule has 1 atom stereocenters. The average molecular weight is 338 g/mol. The lowest BCUT2D eigenvalue weighted by Gasteiger charge is -2.29. The van der Waals surface area contributed by atoms with Crippen LogP contribution >= 0.6 is 0 Å². The predicted molar refractivity (Wildman–Crippen MR) is 93.7 cm³/mol. The molecular formula is C19H22N4O2. The first kappa shape index (κ1) is 16.0. The predicted octanol–water partition coefficient (Wildman–Crippen LogP) is 1.76. The van der Waals surface area contributed by atoms with E-state index in [1.54, 1.807) is 7.11 Å². The first-order valence-electron chi connectivity index (χ1n) is 8.74. The summed E-state index contributed by atoms with van der Waals surface area (Å²) in [6.07, 6.45) is 3.76. The molecule has 2 aliphatic heterocycles. The van der Waals surface area contributed by atoms with E-state index in [1.165, 1.54) is 0 Å². The lowest BCUT2D eigenvalue weighted by Crippen LogP contribution is -2.36. The van der Waals surface area contributed by atoms with Gasteiger partial charge in [0.2, 0.25) is 0 Å². The summed E-state index contributed by atoms with van der Waals surface area (Å²) in [6.45, 7) is 3.21. The number of fused-ring (bicyclic) bond motifs is 1. The fourth-order valence-corrected chi connectivity index (χ4v) is 3.57. The molecule has 0 radical (unpaired) electrons. The van der Waals surface area contributed by atoms with Gasteiger partial charge in [0.05, 0.1) is 18.4 Å². The molecule has 0 spiro atoms. The lowest BCUT2D eigenvalue weighted by molar-refractivity contribution is 0.0729. The van der Waals surface area contributed by atoms with E-state index < -0.39 is 0 Å². The molecule has 1 amide bonds. The van der Waals surface area contributed by atoms with Gasteiger partial charge in [-0.1, -0.05) is 12.1 Å². The Morgan fingerprint density at radius 2 is 2.24 bits per heavy atom. The number of amides is 1. The van der Waals surface area contributed by atoms with Crippen LogP contribution in [0.3, 0.4) is 0 Å². The molecule has 0 unspecified atom stereocenters. The summed E-state index contributed by atoms with van der Waals surface area (Å²) in [5, 5.41) is 3.36. The molecule has 1 aromatic carbocycles. The number of nitrogens with one attached hydrogen (secondary N) is 1. The van der Waals surface area contributed by atoms with Crippen molar-refractivity contribution in [3.63, 3.8) is 0 Å². The minimum Gasteiger partial charge on any atom is -0.496 e. The van der Waals surface area contributed by atoms with Gasteiger partial charge >= 0.3 is 0 Å². The van der Waals surface area contributed by atoms with Crippen LogP contribution in [0.1, 0.15) is 39.8 Å². The number of hydrogen-bond donors (Lipinski definition) is 1. The molecule has 1 aromatic heterocycles. The zero-order valence-corrected chi connectivity index (χ0v) is 14.4. The fraction of sp³-hybridized carbons (Fsp3) is 0.421. The smallest absolute Gasteiger partial charge is 0.257 e. The number of para-hydroxylation sites is 1. The topological polar surface area (TPSA) is 67.3 Å². The zero-order valence-electron chi connectivity index (χ0n) is 14.4. The van der Waals surface area contributed by atoms with Crippen LogP contribution in [0.15, 0.2) is 30.5 Å². The van der Waals surface area contributed by atoms with Crippen LogP contribution in [0, 0.1) is 0 Å². The molecule has 0 aliphatic carbocycles. The quantitative estimate of drug-likeness (QED) is 0.924. The SMILES string of the molecule is COc1ccccc1C(=O)N1CCc2nc([C@@H]3CCNC3)ncc2C1. The first-order chi connectivity index (χ1) is 12.3. The number of hydrogen-bond acceptors (Lipinski definition) is 5. The Kier molecular flexibility index (Phi) is 4.36. The summed E-state index contributed by atoms with van der Waals surface area (Å²) < 4.78 is 5.32. The highest BCUT2D eigenvalue weighted by atomic mass is 16.5. The summed E-state index contributed by atoms with van der Waals surface area (Å²) in [5.74, 6) is 1.96. The Labute approximate surface area is 147 Å². The molecule has 4 rings (SSSR count). The second-order valence-corrected chi connectivity index (χ2v) is 6.57. The molecule has 1 N–H and O–H groups in total. The van der Waals surface area contributed by atoms with Gasteiger partial charge in [0.25, 0.3) is 5.91 Å². The van der Waals surface area contributed by atoms with Crippen molar-refractivity contribution in [1.82, 2.24) is 20.2 Å². The maximum absolute atomic E-state index is 12.9. The van der Waals surface area contributed by atoms with E-state index in [9.17, 15) is 4.79 Å². The fourth-order valence-electron chi connectivity index (χ4n) is 3.57. The number of methoxy groups -OCH3 is 1. The van der Waals surface area contributed by atoms with Gasteiger partial charge in [0.15, 0.2) is 0 Å². The summed E-state index contributed by atoms with van der Waals surface area (Å²) in [6, 6.07) is 7.35. The maximum Gasteiger partial charge on any atom is 0.257 e. The Balaban J connectivity index is 1.53. The van der Waals surface area contributed by atoms with Crippen molar-refractivity contribution in [1.29, 1.82) is 0 Å². The highest BCUT2D eigenvalue weighted by molar-refractivity contribution is 5.97. The van der Waals surface area contributed by atoms with Gasteiger partial charge in [-0.25, -0.2) is 9.97 Å². The molecule has 0 bridgehead atoms. The lowest BCUT2D eigenvalue weighted by atomic mass is 10.0. The molecule has 1 fully saturated rings. The molecule has 25 heavy (non-hydrogen) atoms. The summed E-state index contributed by atoms with van der Waals surface area (Å²) in [4.78, 5) is 24.1. The Morgan fingerprint density at radius 1 is 1.36 bits per heavy atom. The van der Waals surface area contributed by atoms with E-state index in [0.29, 0.717) is 30.3 Å². The van der Waals surface area contributed by atoms with Crippen molar-refractivity contribution in [2.75, 3.05) is 26.7 Å². The third-order valence-corrected chi connectivity index (χ3v) is 5.00. The van der Waals surface area contributed by atoms with Crippen molar-refractivity contribution < 1.29 is 9.53 Å². The Hall–Kier alpha value is -2.47. The first-order valence-corrected chi connectivity index (χ1v) is 8.74. The van der Waals surface area contributed by atoms with Gasteiger partial charge in [0.1, 0.15) is 11.6 Å². The number of rotatable bonds is 3. The Bertz CT molecular complexity index is 787. The normalized spacial score (nSPS) is 19.6. The van der Waals surface area contributed by atoms with Gasteiger partial charge in [-0.15, -0.1) is 0 Å². The second kappa shape index (κ2) is 6.80. The van der Waals surface area contributed by atoms with E-state index >= 15 is 0 Å². The molecule has 130 valence electrons. The summed E-state index contributed by atoms with van der Waals surface area (Å²) in [5.41, 5.74) is 2.73. The van der Waals surface area contributed by atoms with Gasteiger partial charge in [-0.05, 0) is 25.1 Å². The van der Waals surface area contributed by atoms with Gasteiger partial charge in [0, 0.05) is 43.7 Å². The molecule has 3 heterocycles. The van der Waals surface area contributed by atoms with Crippen LogP contribution in [0.5, 0.6) is 5.75 Å². The summed E-state index contributed by atoms with van der Waals surface area (Å²) >= 11 is 0. The number of benzene rings is 1. The van der Waals surface area contributed by atoms with Crippen molar-refractivity contribution in [2.45, 2.75) is 25.3 Å². The standard InChI is InChI=1S/C19H22N4O2/c1-25-17-5-3-2-4-15(17)19(24)23-9-7-16-14(12-23)11-21-18(22-16)13-6-8-20-10-13/h2-5,11,13,20H,6-10,12H2,1H3/t13-/m1/s1. The Morgan fingerprint density at radius 3 is 3.04 bits per heavy atom. The van der Waals surface area contributed by atoms with Gasteiger partial charge < -0.3 is 15.0 Å². The van der Waals surface area contributed by atoms with Gasteiger partial charge in [-0.2, -0.15) is 0 Å². The van der Waals surface area contributed by atoms with Crippen LogP contribution < -0.4 is 10.1 Å². The van der Waals surface area contributed by atoms with Crippen molar-refractivity contribution >= 4 is 5.91 Å². The highest BCUT2D eigenvalue weighted by Crippen LogP contribution is 2.25. The minimum absolute atomic E-state index is 0.00725. The average Bonchev–Trinajstić information content (AvgIpc) is 3.21. The number of aromatic nitrogens is 2. The van der Waals surface area contributed by atoms with Crippen LogP contribution in [-0.4, -0.2) is 47.5 Å². The molecule has 6 nitrogen and oxygen atoms in total. The van der Waals surface area contributed by atoms with Crippen molar-refractivity contribution in [2.24, 2.45) is 0 Å². The van der Waals surface area contributed by atoms with Crippen LogP contribution in [0.2, 0.25) is 0 Å². The van der Waals surface area contributed by atoms with Gasteiger partial charge in [-0.3, -0.25) is 4.79 Å². The monoisotopic (exact) mass is 338 g/mol. The van der Waals surface area contributed by atoms with E-state index in [1.807, 2.05) is 35.4 Å². The molecule has 1 saturated heterocycles. The van der Waals surface area contributed by atoms with Crippen molar-refractivity contribution in [3.05, 3.63) is 53.1 Å². The minimum atomic E-state index is -0.00725. The largest absolute Gasteiger partial charge is 0.496 e. The number of carbonyl (C=O) groups is 1. The molecule has 2 aliphatic rings. The third-order valence-electron chi connectivity index (χ3n) is 5.00. The molecule has 0 saturated carbocycles. The van der Waals surface area contributed by atoms with Crippen LogP contribution in [-0.2, 0) is 13.0 Å².